The predicted molar refractivity (Wildman–Crippen MR) is 119 cm³/mol. The van der Waals surface area contributed by atoms with Gasteiger partial charge in [0.1, 0.15) is 6.10 Å². The maximum atomic E-state index is 13.1. The molecule has 32 heavy (non-hydrogen) atoms. The van der Waals surface area contributed by atoms with E-state index >= 15 is 0 Å². The summed E-state index contributed by atoms with van der Waals surface area (Å²) in [5.74, 6) is 0.689. The molecule has 5 aliphatic rings. The second-order valence-electron chi connectivity index (χ2n) is 10.7. The van der Waals surface area contributed by atoms with Gasteiger partial charge in [-0.15, -0.1) is 0 Å². The van der Waals surface area contributed by atoms with E-state index in [2.05, 4.69) is 17.9 Å². The Morgan fingerprint density at radius 2 is 2.00 bits per heavy atom. The summed E-state index contributed by atoms with van der Waals surface area (Å²) in [6.45, 7) is 7.31. The second kappa shape index (κ2) is 7.01. The highest BCUT2D eigenvalue weighted by atomic mass is 16.6. The molecule has 0 spiro atoms. The Labute approximate surface area is 187 Å². The van der Waals surface area contributed by atoms with Gasteiger partial charge in [0.25, 0.3) is 5.56 Å². The fraction of sp³-hybridized carbons (Fsp3) is 0.577. The highest BCUT2D eigenvalue weighted by Crippen LogP contribution is 2.53. The molecule has 0 radical (unpaired) electrons. The summed E-state index contributed by atoms with van der Waals surface area (Å²) in [4.78, 5) is 40.2. The van der Waals surface area contributed by atoms with Crippen LogP contribution in [0.1, 0.15) is 44.7 Å². The van der Waals surface area contributed by atoms with E-state index in [1.807, 2.05) is 23.6 Å². The molecule has 0 aromatic carbocycles. The number of carbonyl (C=O) groups excluding carboxylic acids is 2. The number of hydrogen-bond acceptors (Lipinski definition) is 5. The largest absolute Gasteiger partial charge is 0.457 e. The first-order valence-corrected chi connectivity index (χ1v) is 11.9. The highest BCUT2D eigenvalue weighted by Gasteiger charge is 2.54. The lowest BCUT2D eigenvalue weighted by Gasteiger charge is -2.45. The van der Waals surface area contributed by atoms with Gasteiger partial charge in [0, 0.05) is 60.8 Å². The summed E-state index contributed by atoms with van der Waals surface area (Å²) in [7, 11) is 0. The van der Waals surface area contributed by atoms with Gasteiger partial charge in [0.05, 0.1) is 5.92 Å². The zero-order chi connectivity index (χ0) is 22.2. The number of fused-ring (bicyclic) bond motifs is 7. The zero-order valence-corrected chi connectivity index (χ0v) is 18.8. The van der Waals surface area contributed by atoms with Gasteiger partial charge in [-0.1, -0.05) is 19.1 Å². The number of piperidine rings is 1. The molecule has 4 heterocycles. The average Bonchev–Trinajstić information content (AvgIpc) is 3.06. The molecule has 3 aliphatic heterocycles. The summed E-state index contributed by atoms with van der Waals surface area (Å²) in [5.41, 5.74) is 2.83. The maximum absolute atomic E-state index is 13.1. The Morgan fingerprint density at radius 3 is 2.84 bits per heavy atom. The van der Waals surface area contributed by atoms with Gasteiger partial charge < -0.3 is 14.2 Å². The van der Waals surface area contributed by atoms with Gasteiger partial charge in [-0.2, -0.15) is 0 Å². The molecule has 1 saturated carbocycles. The molecule has 1 aromatic heterocycles. The molecule has 0 unspecified atom stereocenters. The number of allylic oxidation sites excluding steroid dienone is 3. The smallest absolute Gasteiger partial charge is 0.311 e. The molecule has 6 heteroatoms. The Bertz CT molecular complexity index is 1130. The highest BCUT2D eigenvalue weighted by molar-refractivity contribution is 6.05. The van der Waals surface area contributed by atoms with E-state index in [1.54, 1.807) is 12.1 Å². The Hall–Kier alpha value is -2.47. The fourth-order valence-corrected chi connectivity index (χ4v) is 7.20. The van der Waals surface area contributed by atoms with Gasteiger partial charge in [-0.25, -0.2) is 0 Å². The van der Waals surface area contributed by atoms with E-state index < -0.39 is 0 Å². The number of rotatable bonds is 2. The molecule has 0 amide bonds. The molecule has 0 N–H and O–H groups in total. The number of ether oxygens (including phenoxy) is 1. The summed E-state index contributed by atoms with van der Waals surface area (Å²) in [6.07, 6.45) is 6.41. The maximum Gasteiger partial charge on any atom is 0.311 e. The third kappa shape index (κ3) is 2.92. The molecule has 1 aromatic rings. The Balaban J connectivity index is 1.24. The first kappa shape index (κ1) is 20.2. The van der Waals surface area contributed by atoms with Crippen LogP contribution in [0.25, 0.3) is 0 Å². The standard InChI is InChI=1S/C26H30N2O4/c1-15-21(29)7-9-26(2)8-6-18-19(25(31)32-24(18)23(15)26)14-27-11-16-10-17(13-27)20-4-3-5-22(30)28(20)12-16/h3-5,7,9,16-19,24H,6,8,10-14H2,1-2H3/t16-,17+,18-,19-,24-,26-/m0/s1. The van der Waals surface area contributed by atoms with Crippen LogP contribution in [0.5, 0.6) is 0 Å². The summed E-state index contributed by atoms with van der Waals surface area (Å²) < 4.78 is 7.93. The van der Waals surface area contributed by atoms with Crippen molar-refractivity contribution >= 4 is 11.8 Å². The molecule has 2 saturated heterocycles. The molecular weight excluding hydrogens is 404 g/mol. The van der Waals surface area contributed by atoms with Crippen molar-refractivity contribution in [3.63, 3.8) is 0 Å². The Morgan fingerprint density at radius 1 is 1.16 bits per heavy atom. The van der Waals surface area contributed by atoms with Crippen molar-refractivity contribution in [2.24, 2.45) is 23.2 Å². The van der Waals surface area contributed by atoms with Crippen LogP contribution in [0.15, 0.2) is 46.3 Å². The number of esters is 1. The third-order valence-electron chi connectivity index (χ3n) is 8.73. The number of likely N-dealkylation sites (tertiary alicyclic amines) is 1. The quantitative estimate of drug-likeness (QED) is 0.670. The van der Waals surface area contributed by atoms with Crippen molar-refractivity contribution < 1.29 is 14.3 Å². The molecular formula is C26H30N2O4. The lowest BCUT2D eigenvalue weighted by atomic mass is 9.61. The number of carbonyl (C=O) groups is 2. The van der Waals surface area contributed by atoms with Gasteiger partial charge in [0.2, 0.25) is 0 Å². The summed E-state index contributed by atoms with van der Waals surface area (Å²) in [6, 6.07) is 5.59. The van der Waals surface area contributed by atoms with Crippen LogP contribution >= 0.6 is 0 Å². The van der Waals surface area contributed by atoms with Crippen molar-refractivity contribution in [1.82, 2.24) is 9.47 Å². The van der Waals surface area contributed by atoms with E-state index in [0.717, 1.165) is 55.7 Å². The number of aromatic nitrogens is 1. The van der Waals surface area contributed by atoms with Crippen LogP contribution in [0.3, 0.4) is 0 Å². The minimum Gasteiger partial charge on any atom is -0.457 e. The number of hydrogen-bond donors (Lipinski definition) is 0. The van der Waals surface area contributed by atoms with E-state index in [1.165, 1.54) is 0 Å². The molecule has 6 rings (SSSR count). The van der Waals surface area contributed by atoms with Crippen LogP contribution in [0, 0.1) is 23.2 Å². The lowest BCUT2D eigenvalue weighted by molar-refractivity contribution is -0.144. The topological polar surface area (TPSA) is 68.6 Å². The summed E-state index contributed by atoms with van der Waals surface area (Å²) >= 11 is 0. The monoisotopic (exact) mass is 434 g/mol. The van der Waals surface area contributed by atoms with Crippen LogP contribution in [0.4, 0.5) is 0 Å². The summed E-state index contributed by atoms with van der Waals surface area (Å²) in [5, 5.41) is 0. The van der Waals surface area contributed by atoms with E-state index in [0.29, 0.717) is 18.4 Å². The second-order valence-corrected chi connectivity index (χ2v) is 10.7. The average molecular weight is 435 g/mol. The minimum atomic E-state index is -0.274. The number of nitrogens with zero attached hydrogens (tertiary/aromatic N) is 2. The molecule has 168 valence electrons. The molecule has 6 nitrogen and oxygen atoms in total. The van der Waals surface area contributed by atoms with Crippen LogP contribution in [-0.4, -0.2) is 47.0 Å². The fourth-order valence-electron chi connectivity index (χ4n) is 7.20. The molecule has 6 atom stereocenters. The van der Waals surface area contributed by atoms with Crippen molar-refractivity contribution in [3.05, 3.63) is 57.5 Å². The van der Waals surface area contributed by atoms with Gasteiger partial charge in [-0.05, 0) is 49.8 Å². The molecule has 3 fully saturated rings. The number of ketones is 1. The SMILES string of the molecule is CC1=C2[C@H]3OC(=O)[C@@H](CN4C[C@@H]5C[C@H](C4)c4cccc(=O)n4C5)[C@@H]3CC[C@@]2(C)C=CC1=O. The Kier molecular flexibility index (Phi) is 4.42. The first-order chi connectivity index (χ1) is 15.3. The van der Waals surface area contributed by atoms with Crippen LogP contribution < -0.4 is 5.56 Å². The molecule has 2 bridgehead atoms. The van der Waals surface area contributed by atoms with E-state index in [-0.39, 0.29) is 40.7 Å². The van der Waals surface area contributed by atoms with Crippen molar-refractivity contribution in [1.29, 1.82) is 0 Å². The van der Waals surface area contributed by atoms with Crippen molar-refractivity contribution in [2.75, 3.05) is 19.6 Å². The lowest BCUT2D eigenvalue weighted by Crippen LogP contribution is -2.49. The number of pyridine rings is 1. The predicted octanol–water partition coefficient (Wildman–Crippen LogP) is 2.68. The minimum absolute atomic E-state index is 0.0374. The van der Waals surface area contributed by atoms with Crippen molar-refractivity contribution in [3.8, 4) is 0 Å². The normalized spacial score (nSPS) is 38.2. The van der Waals surface area contributed by atoms with Gasteiger partial charge in [0.15, 0.2) is 5.78 Å². The van der Waals surface area contributed by atoms with Crippen LogP contribution in [-0.2, 0) is 20.9 Å². The van der Waals surface area contributed by atoms with E-state index in [4.69, 9.17) is 4.74 Å². The first-order valence-electron chi connectivity index (χ1n) is 11.9. The third-order valence-corrected chi connectivity index (χ3v) is 8.73. The van der Waals surface area contributed by atoms with Gasteiger partial charge >= 0.3 is 5.97 Å². The van der Waals surface area contributed by atoms with Gasteiger partial charge in [-0.3, -0.25) is 14.4 Å². The van der Waals surface area contributed by atoms with Crippen LogP contribution in [0.2, 0.25) is 0 Å². The van der Waals surface area contributed by atoms with Crippen molar-refractivity contribution in [2.45, 2.75) is 51.7 Å². The van der Waals surface area contributed by atoms with E-state index in [9.17, 15) is 14.4 Å². The zero-order valence-electron chi connectivity index (χ0n) is 18.8. The molecule has 2 aliphatic carbocycles.